The molecule has 1 rings (SSSR count). The zero-order valence-electron chi connectivity index (χ0n) is 11.0. The van der Waals surface area contributed by atoms with Crippen molar-refractivity contribution in [2.75, 3.05) is 23.8 Å². The molecule has 0 aliphatic heterocycles. The number of aliphatic hydroxyl groups excluding tert-OH is 1. The van der Waals surface area contributed by atoms with Gasteiger partial charge in [0.15, 0.2) is 0 Å². The standard InChI is InChI=1S/C13H23N3O/c1-4-13(5-2,10-17)16-12-7-11(15-6-3)8-14-9-12/h7-9,15-17H,4-6,10H2,1-3H3. The highest BCUT2D eigenvalue weighted by atomic mass is 16.3. The fourth-order valence-corrected chi connectivity index (χ4v) is 1.81. The molecule has 1 aromatic heterocycles. The van der Waals surface area contributed by atoms with Crippen LogP contribution in [0.4, 0.5) is 11.4 Å². The second-order valence-corrected chi connectivity index (χ2v) is 4.26. The first kappa shape index (κ1) is 13.8. The van der Waals surface area contributed by atoms with Crippen LogP contribution in [0.5, 0.6) is 0 Å². The Hall–Kier alpha value is -1.29. The minimum Gasteiger partial charge on any atom is -0.394 e. The van der Waals surface area contributed by atoms with Gasteiger partial charge in [0.05, 0.1) is 35.9 Å². The summed E-state index contributed by atoms with van der Waals surface area (Å²) in [4.78, 5) is 4.18. The number of hydrogen-bond donors (Lipinski definition) is 3. The van der Waals surface area contributed by atoms with Crippen LogP contribution < -0.4 is 10.6 Å². The highest BCUT2D eigenvalue weighted by Gasteiger charge is 2.24. The van der Waals surface area contributed by atoms with Gasteiger partial charge in [-0.1, -0.05) is 13.8 Å². The Kier molecular flexibility index (Phi) is 5.22. The van der Waals surface area contributed by atoms with E-state index in [0.717, 1.165) is 30.8 Å². The van der Waals surface area contributed by atoms with Gasteiger partial charge in [-0.2, -0.15) is 0 Å². The lowest BCUT2D eigenvalue weighted by Crippen LogP contribution is -2.40. The summed E-state index contributed by atoms with van der Waals surface area (Å²) < 4.78 is 0. The maximum absolute atomic E-state index is 9.51. The molecule has 96 valence electrons. The number of nitrogens with one attached hydrogen (secondary N) is 2. The van der Waals surface area contributed by atoms with E-state index in [1.54, 1.807) is 12.4 Å². The summed E-state index contributed by atoms with van der Waals surface area (Å²) in [5, 5.41) is 16.1. The third kappa shape index (κ3) is 3.60. The Bertz CT molecular complexity index is 329. The highest BCUT2D eigenvalue weighted by Crippen LogP contribution is 2.23. The van der Waals surface area contributed by atoms with Crippen LogP contribution in [0.15, 0.2) is 18.5 Å². The third-order valence-corrected chi connectivity index (χ3v) is 3.18. The van der Waals surface area contributed by atoms with E-state index in [1.807, 2.05) is 6.07 Å². The monoisotopic (exact) mass is 237 g/mol. The smallest absolute Gasteiger partial charge is 0.0661 e. The SMILES string of the molecule is CCNc1cncc(NC(CC)(CC)CO)c1. The molecule has 0 saturated heterocycles. The van der Waals surface area contributed by atoms with Gasteiger partial charge in [-0.3, -0.25) is 4.98 Å². The van der Waals surface area contributed by atoms with Crippen molar-refractivity contribution in [3.05, 3.63) is 18.5 Å². The van der Waals surface area contributed by atoms with Crippen molar-refractivity contribution >= 4 is 11.4 Å². The first-order valence-corrected chi connectivity index (χ1v) is 6.27. The van der Waals surface area contributed by atoms with Crippen LogP contribution in [0, 0.1) is 0 Å². The van der Waals surface area contributed by atoms with Gasteiger partial charge in [-0.25, -0.2) is 0 Å². The molecule has 0 amide bonds. The number of aliphatic hydroxyl groups is 1. The van der Waals surface area contributed by atoms with Crippen LogP contribution in [0.25, 0.3) is 0 Å². The van der Waals surface area contributed by atoms with Crippen LogP contribution in [-0.4, -0.2) is 28.8 Å². The summed E-state index contributed by atoms with van der Waals surface area (Å²) in [7, 11) is 0. The Morgan fingerprint density at radius 1 is 1.18 bits per heavy atom. The molecule has 1 aromatic rings. The lowest BCUT2D eigenvalue weighted by molar-refractivity contribution is 0.202. The first-order valence-electron chi connectivity index (χ1n) is 6.27. The van der Waals surface area contributed by atoms with E-state index in [2.05, 4.69) is 36.4 Å². The molecular weight excluding hydrogens is 214 g/mol. The summed E-state index contributed by atoms with van der Waals surface area (Å²) in [6, 6.07) is 2.02. The Labute approximate surface area is 103 Å². The highest BCUT2D eigenvalue weighted by molar-refractivity contribution is 5.55. The second-order valence-electron chi connectivity index (χ2n) is 4.26. The number of hydrogen-bond acceptors (Lipinski definition) is 4. The number of aromatic nitrogens is 1. The molecule has 0 saturated carbocycles. The Morgan fingerprint density at radius 3 is 2.35 bits per heavy atom. The molecule has 0 radical (unpaired) electrons. The van der Waals surface area contributed by atoms with E-state index in [9.17, 15) is 5.11 Å². The third-order valence-electron chi connectivity index (χ3n) is 3.18. The van der Waals surface area contributed by atoms with E-state index in [4.69, 9.17) is 0 Å². The first-order chi connectivity index (χ1) is 8.19. The topological polar surface area (TPSA) is 57.2 Å². The summed E-state index contributed by atoms with van der Waals surface area (Å²) in [5.74, 6) is 0. The minimum absolute atomic E-state index is 0.130. The van der Waals surface area contributed by atoms with Crippen LogP contribution in [0.3, 0.4) is 0 Å². The quantitative estimate of drug-likeness (QED) is 0.682. The Balaban J connectivity index is 2.82. The second kappa shape index (κ2) is 6.45. The fraction of sp³-hybridized carbons (Fsp3) is 0.615. The van der Waals surface area contributed by atoms with Gasteiger partial charge in [0, 0.05) is 6.54 Å². The van der Waals surface area contributed by atoms with Crippen molar-refractivity contribution < 1.29 is 5.11 Å². The molecule has 0 aliphatic carbocycles. The summed E-state index contributed by atoms with van der Waals surface area (Å²) in [6.45, 7) is 7.21. The molecule has 17 heavy (non-hydrogen) atoms. The van der Waals surface area contributed by atoms with E-state index in [1.165, 1.54) is 0 Å². The molecule has 4 nitrogen and oxygen atoms in total. The fourth-order valence-electron chi connectivity index (χ4n) is 1.81. The molecule has 4 heteroatoms. The molecular formula is C13H23N3O. The van der Waals surface area contributed by atoms with Gasteiger partial charge in [0.1, 0.15) is 0 Å². The van der Waals surface area contributed by atoms with Gasteiger partial charge >= 0.3 is 0 Å². The molecule has 3 N–H and O–H groups in total. The van der Waals surface area contributed by atoms with Crippen molar-refractivity contribution in [2.24, 2.45) is 0 Å². The van der Waals surface area contributed by atoms with Crippen molar-refractivity contribution in [3.63, 3.8) is 0 Å². The zero-order chi connectivity index (χ0) is 12.7. The maximum atomic E-state index is 9.51. The molecule has 0 atom stereocenters. The summed E-state index contributed by atoms with van der Waals surface area (Å²) in [6.07, 6.45) is 5.35. The lowest BCUT2D eigenvalue weighted by Gasteiger charge is -2.31. The molecule has 0 aromatic carbocycles. The number of nitrogens with zero attached hydrogens (tertiary/aromatic N) is 1. The van der Waals surface area contributed by atoms with Crippen molar-refractivity contribution in [1.29, 1.82) is 0 Å². The average Bonchev–Trinajstić information content (AvgIpc) is 2.37. The molecule has 0 bridgehead atoms. The largest absolute Gasteiger partial charge is 0.394 e. The summed E-state index contributed by atoms with van der Waals surface area (Å²) >= 11 is 0. The van der Waals surface area contributed by atoms with E-state index < -0.39 is 0 Å². The maximum Gasteiger partial charge on any atom is 0.0661 e. The van der Waals surface area contributed by atoms with E-state index in [-0.39, 0.29) is 12.1 Å². The summed E-state index contributed by atoms with van der Waals surface area (Å²) in [5.41, 5.74) is 1.70. The molecule has 0 fully saturated rings. The normalized spacial score (nSPS) is 11.3. The van der Waals surface area contributed by atoms with Crippen LogP contribution in [-0.2, 0) is 0 Å². The number of anilines is 2. The lowest BCUT2D eigenvalue weighted by atomic mass is 9.93. The van der Waals surface area contributed by atoms with Crippen LogP contribution in [0.2, 0.25) is 0 Å². The van der Waals surface area contributed by atoms with E-state index in [0.29, 0.717) is 0 Å². The van der Waals surface area contributed by atoms with Gasteiger partial charge in [0.2, 0.25) is 0 Å². The number of pyridine rings is 1. The van der Waals surface area contributed by atoms with Gasteiger partial charge in [-0.15, -0.1) is 0 Å². The molecule has 1 heterocycles. The molecule has 0 aliphatic rings. The number of rotatable bonds is 7. The van der Waals surface area contributed by atoms with Crippen molar-refractivity contribution in [3.8, 4) is 0 Å². The Morgan fingerprint density at radius 2 is 1.82 bits per heavy atom. The van der Waals surface area contributed by atoms with Crippen LogP contribution in [0.1, 0.15) is 33.6 Å². The van der Waals surface area contributed by atoms with E-state index >= 15 is 0 Å². The molecule has 0 spiro atoms. The van der Waals surface area contributed by atoms with Crippen molar-refractivity contribution in [2.45, 2.75) is 39.2 Å². The van der Waals surface area contributed by atoms with Crippen molar-refractivity contribution in [1.82, 2.24) is 4.98 Å². The predicted molar refractivity (Wildman–Crippen MR) is 72.4 cm³/mol. The van der Waals surface area contributed by atoms with Gasteiger partial charge in [0.25, 0.3) is 0 Å². The molecule has 0 unspecified atom stereocenters. The van der Waals surface area contributed by atoms with Crippen LogP contribution >= 0.6 is 0 Å². The average molecular weight is 237 g/mol. The van der Waals surface area contributed by atoms with Gasteiger partial charge < -0.3 is 15.7 Å². The zero-order valence-corrected chi connectivity index (χ0v) is 11.0. The van der Waals surface area contributed by atoms with Gasteiger partial charge in [-0.05, 0) is 25.8 Å². The predicted octanol–water partition coefficient (Wildman–Crippen LogP) is 2.48. The minimum atomic E-state index is -0.244.